The van der Waals surface area contributed by atoms with Crippen molar-refractivity contribution in [1.29, 1.82) is 0 Å². The zero-order valence-electron chi connectivity index (χ0n) is 45.9. The van der Waals surface area contributed by atoms with Gasteiger partial charge in [0.05, 0.1) is 53.8 Å². The second-order valence-electron chi connectivity index (χ2n) is 22.1. The molecule has 6 aliphatic rings. The minimum Gasteiger partial charge on any atom is -0.507 e. The van der Waals surface area contributed by atoms with Crippen LogP contribution in [0.3, 0.4) is 0 Å². The van der Waals surface area contributed by atoms with Crippen molar-refractivity contribution in [3.05, 3.63) is 99.6 Å². The van der Waals surface area contributed by atoms with Crippen molar-refractivity contribution >= 4 is 58.4 Å². The van der Waals surface area contributed by atoms with Crippen LogP contribution in [0.25, 0.3) is 0 Å². The van der Waals surface area contributed by atoms with E-state index >= 15 is 0 Å². The van der Waals surface area contributed by atoms with E-state index in [4.69, 9.17) is 23.7 Å². The number of fused-ring (bicyclic) bond motifs is 6. The smallest absolute Gasteiger partial charge is 0.253 e. The van der Waals surface area contributed by atoms with Gasteiger partial charge in [0, 0.05) is 93.1 Å². The van der Waals surface area contributed by atoms with Crippen LogP contribution in [0.1, 0.15) is 134 Å². The minimum atomic E-state index is -2.13. The quantitative estimate of drug-likeness (QED) is 0.0372. The Balaban J connectivity index is 0.883. The van der Waals surface area contributed by atoms with Crippen molar-refractivity contribution in [3.63, 3.8) is 0 Å². The van der Waals surface area contributed by atoms with Gasteiger partial charge >= 0.3 is 0 Å². The zero-order chi connectivity index (χ0) is 58.0. The summed E-state index contributed by atoms with van der Waals surface area (Å²) in [6, 6.07) is 11.9. The summed E-state index contributed by atoms with van der Waals surface area (Å²) < 4.78 is 30.5. The first-order valence-electron chi connectivity index (χ1n) is 27.6. The van der Waals surface area contributed by atoms with E-state index in [0.29, 0.717) is 32.4 Å². The fourth-order valence-corrected chi connectivity index (χ4v) is 12.1. The van der Waals surface area contributed by atoms with Gasteiger partial charge in [-0.1, -0.05) is 62.7 Å². The van der Waals surface area contributed by atoms with Crippen LogP contribution in [0.15, 0.2) is 60.7 Å². The number of imide groups is 1. The van der Waals surface area contributed by atoms with Gasteiger partial charge in [-0.25, -0.2) is 0 Å². The molecule has 2 aliphatic carbocycles. The molecule has 5 amide bonds. The Kier molecular flexibility index (Phi) is 17.8. The van der Waals surface area contributed by atoms with Crippen LogP contribution in [0.5, 0.6) is 11.5 Å². The lowest BCUT2D eigenvalue weighted by Gasteiger charge is -2.43. The van der Waals surface area contributed by atoms with E-state index in [1.165, 1.54) is 44.4 Å². The fourth-order valence-electron chi connectivity index (χ4n) is 12.1. The van der Waals surface area contributed by atoms with E-state index in [0.717, 1.165) is 10.5 Å². The largest absolute Gasteiger partial charge is 0.507 e. The number of phenolic OH excluding ortho intramolecular Hbond substituents is 2. The molecule has 1 unspecified atom stereocenters. The number of carbonyl (C=O) groups excluding carboxylic acids is 9. The number of hydrogen-bond donors (Lipinski definition) is 6. The second-order valence-corrected chi connectivity index (χ2v) is 22.1. The van der Waals surface area contributed by atoms with E-state index in [-0.39, 0.29) is 96.3 Å². The number of rotatable bonds is 22. The summed E-state index contributed by atoms with van der Waals surface area (Å²) in [6.45, 7) is 7.23. The first kappa shape index (κ1) is 58.6. The zero-order valence-corrected chi connectivity index (χ0v) is 45.9. The van der Waals surface area contributed by atoms with Crippen molar-refractivity contribution in [2.75, 3.05) is 38.7 Å². The van der Waals surface area contributed by atoms with E-state index < -0.39 is 132 Å². The van der Waals surface area contributed by atoms with E-state index in [1.54, 1.807) is 19.1 Å². The molecule has 22 heteroatoms. The average Bonchev–Trinajstić information content (AvgIpc) is 3.27. The molecule has 3 fully saturated rings. The molecule has 3 aromatic carbocycles. The molecule has 81 heavy (non-hydrogen) atoms. The number of carbonyl (C=O) groups is 9. The number of anilines is 1. The van der Waals surface area contributed by atoms with Crippen LogP contribution in [-0.2, 0) is 70.1 Å². The summed E-state index contributed by atoms with van der Waals surface area (Å²) in [7, 11) is 1.52. The number of nitrogens with zero attached hydrogens (tertiary/aromatic N) is 2. The molecule has 3 aromatic rings. The molecular formula is C59H69N5O17. The standard InChI is InChI=1S/C59H69N5O17/c1-30(2)23-34(25-40(66)38(24-33-13-8-6-9-14-33)62-42(67)17-10-7-11-20-64-44(69)18-19-45(64)70)56(75)60-29-43(68)61-37-16-12-15-35-47(37)53(73)50-49(51(35)71)52(72)36-27-59(76,32(4)65)28-41(48(36)54(50)74)80-46-26-39-55(31(3)79-46)81-57-58(77-5)78-22-21-63(39)57/h6,8-9,12-16,18-19,30-31,34,38-39,41,46,55,57-58,72,74,76H,7,10-11,17,20-29H2,1-5H3,(H,60,75)(H,61,68)(H,62,67)/t31-,34+,38-,39-,41-,46?,55+,57+,58-,59-/m0/s1. The molecule has 0 saturated carbocycles. The molecule has 22 nitrogen and oxygen atoms in total. The minimum absolute atomic E-state index is 0.0698. The van der Waals surface area contributed by atoms with Crippen LogP contribution < -0.4 is 16.0 Å². The second kappa shape index (κ2) is 24.6. The van der Waals surface area contributed by atoms with Gasteiger partial charge in [0.25, 0.3) is 11.8 Å². The highest BCUT2D eigenvalue weighted by Crippen LogP contribution is 2.53. The number of unbranched alkanes of at least 4 members (excludes halogenated alkanes) is 2. The van der Waals surface area contributed by atoms with Gasteiger partial charge in [0.2, 0.25) is 17.7 Å². The average molecular weight is 1120 g/mol. The normalized spacial score (nSPS) is 25.6. The maximum absolute atomic E-state index is 14.8. The third-order valence-corrected chi connectivity index (χ3v) is 16.1. The van der Waals surface area contributed by atoms with Crippen LogP contribution in [0, 0.1) is 11.8 Å². The van der Waals surface area contributed by atoms with Crippen LogP contribution >= 0.6 is 0 Å². The van der Waals surface area contributed by atoms with E-state index in [1.807, 2.05) is 32.0 Å². The van der Waals surface area contributed by atoms with Gasteiger partial charge in [0.1, 0.15) is 23.2 Å². The summed E-state index contributed by atoms with van der Waals surface area (Å²) in [4.78, 5) is 125. The highest BCUT2D eigenvalue weighted by atomic mass is 16.7. The highest BCUT2D eigenvalue weighted by Gasteiger charge is 2.55. The number of phenols is 2. The topological polar surface area (TPSA) is 303 Å². The van der Waals surface area contributed by atoms with Crippen molar-refractivity contribution in [2.24, 2.45) is 11.8 Å². The third-order valence-electron chi connectivity index (χ3n) is 16.1. The molecule has 6 N–H and O–H groups in total. The number of ketones is 4. The Morgan fingerprint density at radius 1 is 0.877 bits per heavy atom. The first-order chi connectivity index (χ1) is 38.7. The Hall–Kier alpha value is -7.05. The van der Waals surface area contributed by atoms with Crippen molar-refractivity contribution in [2.45, 2.75) is 147 Å². The Bertz CT molecular complexity index is 3020. The highest BCUT2D eigenvalue weighted by molar-refractivity contribution is 6.32. The molecule has 0 radical (unpaired) electrons. The molecule has 0 spiro atoms. The van der Waals surface area contributed by atoms with Gasteiger partial charge in [0.15, 0.2) is 41.9 Å². The van der Waals surface area contributed by atoms with Gasteiger partial charge < -0.3 is 55.0 Å². The molecule has 0 aromatic heterocycles. The lowest BCUT2D eigenvalue weighted by molar-refractivity contribution is -0.256. The van der Waals surface area contributed by atoms with Crippen molar-refractivity contribution < 1.29 is 82.2 Å². The number of benzene rings is 3. The summed E-state index contributed by atoms with van der Waals surface area (Å²) in [5.74, 6) is -7.94. The summed E-state index contributed by atoms with van der Waals surface area (Å²) in [6.07, 6.45) is -1.05. The predicted molar refractivity (Wildman–Crippen MR) is 286 cm³/mol. The Morgan fingerprint density at radius 2 is 1.60 bits per heavy atom. The number of hydrogen-bond acceptors (Lipinski definition) is 18. The maximum atomic E-state index is 14.8. The van der Waals surface area contributed by atoms with Gasteiger partial charge in [-0.3, -0.25) is 53.0 Å². The predicted octanol–water partition coefficient (Wildman–Crippen LogP) is 3.62. The number of aliphatic hydroxyl groups is 1. The maximum Gasteiger partial charge on any atom is 0.253 e. The molecule has 4 heterocycles. The molecule has 4 aliphatic heterocycles. The van der Waals surface area contributed by atoms with E-state index in [9.17, 15) is 58.5 Å². The van der Waals surface area contributed by atoms with Gasteiger partial charge in [-0.05, 0) is 57.1 Å². The van der Waals surface area contributed by atoms with Crippen molar-refractivity contribution in [1.82, 2.24) is 20.4 Å². The van der Waals surface area contributed by atoms with Gasteiger partial charge in [-0.15, -0.1) is 0 Å². The SMILES string of the molecule is CO[C@H]1OCCN2[C@@H]1O[C@@H]1[C@H](C)OC(O[C@H]3C[C@](O)(C(C)=O)Cc4c(O)c5c(c(O)c43)C(=O)c3c(NC(=O)CNC(=O)[C@@H](CC(=O)[C@H](Cc4ccccc4)NC(=O)CCCCCN4C(=O)C=CC4=O)CC(C)C)cccc3C5=O)C[C@@H]12. The number of ether oxygens (including phenoxy) is 5. The number of nitrogens with one attached hydrogen (secondary N) is 3. The number of amides is 5. The fraction of sp³-hybridized carbons (Fsp3) is 0.508. The molecule has 9 rings (SSSR count). The molecule has 432 valence electrons. The number of morpholine rings is 1. The molecule has 10 atom stereocenters. The lowest BCUT2D eigenvalue weighted by atomic mass is 9.72. The number of aromatic hydroxyl groups is 2. The summed E-state index contributed by atoms with van der Waals surface area (Å²) in [5.41, 5.74) is -3.50. The van der Waals surface area contributed by atoms with Crippen LogP contribution in [0.4, 0.5) is 5.69 Å². The molecule has 0 bridgehead atoms. The van der Waals surface area contributed by atoms with Crippen LogP contribution in [0.2, 0.25) is 0 Å². The Labute approximate surface area is 467 Å². The number of Topliss-reactive ketones (excluding diaryl/α,β-unsaturated/α-hetero) is 2. The first-order valence-corrected chi connectivity index (χ1v) is 27.6. The lowest BCUT2D eigenvalue weighted by Crippen LogP contribution is -2.55. The summed E-state index contributed by atoms with van der Waals surface area (Å²) in [5, 5.41) is 44.1. The Morgan fingerprint density at radius 3 is 2.31 bits per heavy atom. The van der Waals surface area contributed by atoms with E-state index in [2.05, 4.69) is 20.9 Å². The number of methoxy groups -OCH3 is 1. The van der Waals surface area contributed by atoms with Crippen LogP contribution in [-0.4, -0.2) is 160 Å². The molecule has 3 saturated heterocycles. The molecular weight excluding hydrogens is 1050 g/mol. The van der Waals surface area contributed by atoms with Crippen molar-refractivity contribution in [3.8, 4) is 11.5 Å². The summed E-state index contributed by atoms with van der Waals surface area (Å²) >= 11 is 0. The monoisotopic (exact) mass is 1120 g/mol. The van der Waals surface area contributed by atoms with Gasteiger partial charge in [-0.2, -0.15) is 0 Å². The third kappa shape index (κ3) is 12.3.